The van der Waals surface area contributed by atoms with Gasteiger partial charge in [0.1, 0.15) is 0 Å². The van der Waals surface area contributed by atoms with Crippen molar-refractivity contribution in [3.8, 4) is 11.5 Å². The molecule has 0 aliphatic carbocycles. The maximum atomic E-state index is 12.2. The van der Waals surface area contributed by atoms with Gasteiger partial charge in [-0.3, -0.25) is 4.79 Å². The Morgan fingerprint density at radius 3 is 2.20 bits per heavy atom. The first-order valence-corrected chi connectivity index (χ1v) is 17.7. The van der Waals surface area contributed by atoms with E-state index in [9.17, 15) is 15.4 Å². The second-order valence-corrected chi connectivity index (χ2v) is 18.0. The number of hydrogen-bond donors (Lipinski definition) is 1. The summed E-state index contributed by atoms with van der Waals surface area (Å²) in [5.41, 5.74) is 10.7. The second-order valence-electron chi connectivity index (χ2n) is 13.2. The van der Waals surface area contributed by atoms with Crippen LogP contribution in [-0.2, 0) is 20.4 Å². The van der Waals surface area contributed by atoms with Crippen LogP contribution < -0.4 is 9.47 Å². The number of hydrogen-bond acceptors (Lipinski definition) is 6. The van der Waals surface area contributed by atoms with E-state index in [1.807, 2.05) is 32.0 Å². The number of benzene rings is 1. The molecule has 0 amide bonds. The Morgan fingerprint density at radius 1 is 1.05 bits per heavy atom. The zero-order chi connectivity index (χ0) is 31.4. The third-order valence-electron chi connectivity index (χ3n) is 8.45. The van der Waals surface area contributed by atoms with Crippen LogP contribution in [0.2, 0.25) is 18.1 Å². The van der Waals surface area contributed by atoms with Crippen molar-refractivity contribution >= 4 is 14.3 Å². The van der Waals surface area contributed by atoms with E-state index in [0.717, 1.165) is 18.4 Å². The molecule has 0 radical (unpaired) electrons. The van der Waals surface area contributed by atoms with Crippen molar-refractivity contribution in [1.29, 1.82) is 0 Å². The summed E-state index contributed by atoms with van der Waals surface area (Å²) >= 11 is 0. The van der Waals surface area contributed by atoms with Crippen LogP contribution in [0.15, 0.2) is 23.3 Å². The quantitative estimate of drug-likeness (QED) is 0.0568. The molecule has 1 aromatic rings. The normalized spacial score (nSPS) is 15.2. The number of carbonyl (C=O) groups is 1. The number of carboxylic acids is 1. The summed E-state index contributed by atoms with van der Waals surface area (Å²) in [6.07, 6.45) is 1.91. The predicted octanol–water partition coefficient (Wildman–Crippen LogP) is 8.13. The maximum Gasteiger partial charge on any atom is 0.306 e. The Morgan fingerprint density at radius 2 is 1.71 bits per heavy atom. The van der Waals surface area contributed by atoms with Gasteiger partial charge in [-0.1, -0.05) is 59.6 Å². The number of azide groups is 1. The third kappa shape index (κ3) is 11.9. The van der Waals surface area contributed by atoms with Gasteiger partial charge in [-0.2, -0.15) is 0 Å². The number of ether oxygens (including phenoxy) is 3. The molecule has 0 heterocycles. The second kappa shape index (κ2) is 17.0. The molecular weight excluding hydrogens is 538 g/mol. The Hall–Kier alpha value is -2.26. The highest BCUT2D eigenvalue weighted by Crippen LogP contribution is 2.40. The summed E-state index contributed by atoms with van der Waals surface area (Å²) in [6, 6.07) is 5.49. The van der Waals surface area contributed by atoms with Crippen LogP contribution >= 0.6 is 0 Å². The van der Waals surface area contributed by atoms with Crippen molar-refractivity contribution in [2.24, 2.45) is 28.8 Å². The molecule has 234 valence electrons. The van der Waals surface area contributed by atoms with Gasteiger partial charge in [0.25, 0.3) is 0 Å². The molecule has 0 spiro atoms. The molecule has 1 aromatic carbocycles. The van der Waals surface area contributed by atoms with E-state index in [1.54, 1.807) is 14.2 Å². The van der Waals surface area contributed by atoms with E-state index < -0.39 is 32.4 Å². The van der Waals surface area contributed by atoms with Crippen LogP contribution in [0.1, 0.15) is 73.3 Å². The van der Waals surface area contributed by atoms with Crippen molar-refractivity contribution in [2.45, 2.75) is 104 Å². The van der Waals surface area contributed by atoms with Gasteiger partial charge in [0, 0.05) is 25.0 Å². The van der Waals surface area contributed by atoms with Crippen LogP contribution in [0.5, 0.6) is 11.5 Å². The van der Waals surface area contributed by atoms with Gasteiger partial charge >= 0.3 is 5.97 Å². The zero-order valence-electron chi connectivity index (χ0n) is 27.3. The van der Waals surface area contributed by atoms with Crippen LogP contribution in [0.4, 0.5) is 0 Å². The lowest BCUT2D eigenvalue weighted by atomic mass is 9.81. The molecule has 41 heavy (non-hydrogen) atoms. The average Bonchev–Trinajstić information content (AvgIpc) is 2.87. The lowest BCUT2D eigenvalue weighted by Crippen LogP contribution is -2.48. The lowest BCUT2D eigenvalue weighted by Gasteiger charge is -2.42. The van der Waals surface area contributed by atoms with Gasteiger partial charge in [0.05, 0.1) is 31.8 Å². The molecule has 0 saturated carbocycles. The van der Waals surface area contributed by atoms with Gasteiger partial charge in [-0.15, -0.1) is 0 Å². The first-order chi connectivity index (χ1) is 19.1. The summed E-state index contributed by atoms with van der Waals surface area (Å²) in [6.45, 7) is 20.1. The SMILES string of the molecule is COCCCOc1cc(CC(CC(N=[N+]=[N-])C(CC(C(=O)O)C(C)C)O[Si](C)(C)C(C)(C)C)C(C)C)ccc1OC. The molecule has 0 saturated heterocycles. The highest BCUT2D eigenvalue weighted by molar-refractivity contribution is 6.74. The molecule has 10 heteroatoms. The van der Waals surface area contributed by atoms with Crippen LogP contribution in [0.25, 0.3) is 10.4 Å². The van der Waals surface area contributed by atoms with E-state index in [0.29, 0.717) is 37.6 Å². The first-order valence-electron chi connectivity index (χ1n) is 14.8. The average molecular weight is 594 g/mol. The zero-order valence-corrected chi connectivity index (χ0v) is 28.3. The van der Waals surface area contributed by atoms with E-state index >= 15 is 0 Å². The summed E-state index contributed by atoms with van der Waals surface area (Å²) in [4.78, 5) is 15.4. The Kier molecular flexibility index (Phi) is 15.2. The van der Waals surface area contributed by atoms with Crippen molar-refractivity contribution < 1.29 is 28.5 Å². The molecule has 0 aliphatic rings. The van der Waals surface area contributed by atoms with Gasteiger partial charge in [0.15, 0.2) is 19.8 Å². The standard InChI is InChI=1S/C31H55N3O6Si/c1-21(2)24(17-23-13-14-27(38-9)29(18-23)39-16-12-15-37-8)19-26(33-34-32)28(20-25(22(3)4)30(35)36)40-41(10,11)31(5,6)7/h13-14,18,21-22,24-26,28H,12,15-17,19-20H2,1-11H3,(H,35,36). The molecule has 4 unspecified atom stereocenters. The topological polar surface area (TPSA) is 123 Å². The number of methoxy groups -OCH3 is 2. The smallest absolute Gasteiger partial charge is 0.306 e. The molecule has 1 N–H and O–H groups in total. The van der Waals surface area contributed by atoms with Crippen LogP contribution in [0.3, 0.4) is 0 Å². The predicted molar refractivity (Wildman–Crippen MR) is 167 cm³/mol. The number of aliphatic carboxylic acids is 1. The summed E-state index contributed by atoms with van der Waals surface area (Å²) in [5, 5.41) is 14.2. The fourth-order valence-electron chi connectivity index (χ4n) is 4.64. The molecule has 0 fully saturated rings. The molecule has 9 nitrogen and oxygen atoms in total. The van der Waals surface area contributed by atoms with Gasteiger partial charge in [0.2, 0.25) is 0 Å². The molecule has 1 rings (SSSR count). The van der Waals surface area contributed by atoms with Crippen molar-refractivity contribution in [1.82, 2.24) is 0 Å². The van der Waals surface area contributed by atoms with E-state index in [2.05, 4.69) is 57.7 Å². The molecule has 0 bridgehead atoms. The number of nitrogens with zero attached hydrogens (tertiary/aromatic N) is 3. The highest BCUT2D eigenvalue weighted by atomic mass is 28.4. The lowest BCUT2D eigenvalue weighted by molar-refractivity contribution is -0.144. The van der Waals surface area contributed by atoms with E-state index in [4.69, 9.17) is 18.6 Å². The summed E-state index contributed by atoms with van der Waals surface area (Å²) in [7, 11) is 0.996. The van der Waals surface area contributed by atoms with E-state index in [1.165, 1.54) is 0 Å². The molecule has 4 atom stereocenters. The minimum atomic E-state index is -2.30. The fraction of sp³-hybridized carbons (Fsp3) is 0.774. The summed E-state index contributed by atoms with van der Waals surface area (Å²) < 4.78 is 23.5. The van der Waals surface area contributed by atoms with E-state index in [-0.39, 0.29) is 22.8 Å². The molecular formula is C31H55N3O6Si. The van der Waals surface area contributed by atoms with Gasteiger partial charge in [-0.05, 0) is 78.4 Å². The van der Waals surface area contributed by atoms with Gasteiger partial charge in [-0.25, -0.2) is 0 Å². The maximum absolute atomic E-state index is 12.2. The third-order valence-corrected chi connectivity index (χ3v) is 13.0. The summed E-state index contributed by atoms with van der Waals surface area (Å²) in [5.74, 6) is 0.290. The van der Waals surface area contributed by atoms with Crippen molar-refractivity contribution in [3.05, 3.63) is 34.2 Å². The Labute approximate surface area is 249 Å². The molecule has 0 aromatic heterocycles. The highest BCUT2D eigenvalue weighted by Gasteiger charge is 2.42. The minimum absolute atomic E-state index is 0.0766. The Bertz CT molecular complexity index is 989. The van der Waals surface area contributed by atoms with Crippen molar-refractivity contribution in [2.75, 3.05) is 27.4 Å². The number of carboxylic acid groups (broad SMARTS) is 1. The van der Waals surface area contributed by atoms with Gasteiger partial charge < -0.3 is 23.7 Å². The monoisotopic (exact) mass is 593 g/mol. The van der Waals surface area contributed by atoms with Crippen molar-refractivity contribution in [3.63, 3.8) is 0 Å². The van der Waals surface area contributed by atoms with Crippen LogP contribution in [-0.4, -0.2) is 59.0 Å². The molecule has 0 aliphatic heterocycles. The largest absolute Gasteiger partial charge is 0.493 e. The first kappa shape index (κ1) is 36.8. The van der Waals surface area contributed by atoms with Crippen LogP contribution in [0, 0.1) is 23.7 Å². The Balaban J connectivity index is 3.37. The minimum Gasteiger partial charge on any atom is -0.493 e. The number of rotatable bonds is 19. The fourth-order valence-corrected chi connectivity index (χ4v) is 6.00.